The van der Waals surface area contributed by atoms with Crippen LogP contribution in [0.3, 0.4) is 0 Å². The molecule has 4 aromatic rings. The van der Waals surface area contributed by atoms with Crippen LogP contribution in [-0.2, 0) is 6.42 Å². The molecule has 2 saturated carbocycles. The summed E-state index contributed by atoms with van der Waals surface area (Å²) in [6.07, 6.45) is 5.37. The summed E-state index contributed by atoms with van der Waals surface area (Å²) < 4.78 is 3.17. The monoisotopic (exact) mass is 421 g/mol. The van der Waals surface area contributed by atoms with Crippen molar-refractivity contribution in [3.8, 4) is 0 Å². The summed E-state index contributed by atoms with van der Waals surface area (Å²) in [4.78, 5) is 12.8. The molecule has 0 bridgehead atoms. The third-order valence-electron chi connectivity index (χ3n) is 7.17. The van der Waals surface area contributed by atoms with E-state index in [1.54, 1.807) is 11.3 Å². The number of nitrogen functional groups attached to an aromatic ring is 1. The first-order valence-electron chi connectivity index (χ1n) is 10.3. The van der Waals surface area contributed by atoms with Crippen LogP contribution >= 0.6 is 11.3 Å². The zero-order chi connectivity index (χ0) is 20.5. The van der Waals surface area contributed by atoms with Gasteiger partial charge < -0.3 is 20.5 Å². The van der Waals surface area contributed by atoms with Crippen LogP contribution in [0.15, 0.2) is 42.3 Å². The van der Waals surface area contributed by atoms with Gasteiger partial charge in [-0.3, -0.25) is 0 Å². The summed E-state index contributed by atoms with van der Waals surface area (Å²) in [6.45, 7) is 0. The second-order valence-electron chi connectivity index (χ2n) is 8.92. The van der Waals surface area contributed by atoms with Gasteiger partial charge in [-0.05, 0) is 55.4 Å². The maximum Gasteiger partial charge on any atom is 0.145 e. The average Bonchev–Trinajstić information content (AvgIpc) is 3.41. The Morgan fingerprint density at radius 2 is 2.00 bits per heavy atom. The number of anilines is 1. The summed E-state index contributed by atoms with van der Waals surface area (Å²) in [5.41, 5.74) is 10.7. The quantitative estimate of drug-likeness (QED) is 0.469. The van der Waals surface area contributed by atoms with Crippen molar-refractivity contribution in [2.75, 3.05) is 5.73 Å². The lowest BCUT2D eigenvalue weighted by atomic mass is 9.58. The minimum atomic E-state index is -0.816. The highest BCUT2D eigenvalue weighted by Gasteiger charge is 2.59. The molecule has 154 valence electrons. The average molecular weight is 422 g/mol. The molecule has 0 radical (unpaired) electrons. The molecule has 0 saturated heterocycles. The van der Waals surface area contributed by atoms with Gasteiger partial charge in [0, 0.05) is 11.6 Å². The molecule has 2 aliphatic rings. The molecular formula is C22H23N5O2S. The second kappa shape index (κ2) is 6.47. The minimum absolute atomic E-state index is 0.209. The molecule has 0 aliphatic heterocycles. The highest BCUT2D eigenvalue weighted by molar-refractivity contribution is 7.16. The van der Waals surface area contributed by atoms with Crippen molar-refractivity contribution >= 4 is 38.4 Å². The Labute approximate surface area is 177 Å². The molecular weight excluding hydrogens is 398 g/mol. The van der Waals surface area contributed by atoms with E-state index in [-0.39, 0.29) is 11.5 Å². The third kappa shape index (κ3) is 2.60. The summed E-state index contributed by atoms with van der Waals surface area (Å²) in [5, 5.41) is 22.6. The molecule has 3 atom stereocenters. The van der Waals surface area contributed by atoms with Gasteiger partial charge in [-0.2, -0.15) is 0 Å². The molecule has 3 aromatic heterocycles. The van der Waals surface area contributed by atoms with Crippen molar-refractivity contribution in [1.29, 1.82) is 0 Å². The molecule has 2 aliphatic carbocycles. The fourth-order valence-electron chi connectivity index (χ4n) is 5.76. The normalized spacial score (nSPS) is 31.0. The van der Waals surface area contributed by atoms with E-state index in [9.17, 15) is 10.2 Å². The van der Waals surface area contributed by atoms with Crippen molar-refractivity contribution < 1.29 is 10.2 Å². The van der Waals surface area contributed by atoms with Gasteiger partial charge in [0.1, 0.15) is 23.9 Å². The standard InChI is InChI=1S/C22H23N5O2S/c23-20-14-3-4-27(21(14)25-10-24-20)16-9-22(19(29)18(16)28)7-13(8-22)5-12-1-2-17-15(6-12)26-11-30-17/h1-4,6,10-11,13,16,18-19,28-29H,5,7-9H2,(H2,23,24,25)/t13-,16-,18+,19+,22+/m1/s1. The number of fused-ring (bicyclic) bond motifs is 2. The van der Waals surface area contributed by atoms with Gasteiger partial charge in [0.05, 0.1) is 33.3 Å². The summed E-state index contributed by atoms with van der Waals surface area (Å²) in [7, 11) is 0. The maximum absolute atomic E-state index is 10.9. The molecule has 8 heteroatoms. The molecule has 4 N–H and O–H groups in total. The number of rotatable bonds is 3. The van der Waals surface area contributed by atoms with Crippen LogP contribution in [0, 0.1) is 11.3 Å². The van der Waals surface area contributed by atoms with E-state index < -0.39 is 12.2 Å². The summed E-state index contributed by atoms with van der Waals surface area (Å²) in [5.74, 6) is 0.948. The van der Waals surface area contributed by atoms with E-state index >= 15 is 0 Å². The number of aliphatic hydroxyl groups excluding tert-OH is 2. The Morgan fingerprint density at radius 1 is 1.13 bits per heavy atom. The smallest absolute Gasteiger partial charge is 0.145 e. The first-order chi connectivity index (χ1) is 14.5. The van der Waals surface area contributed by atoms with Crippen LogP contribution in [0.4, 0.5) is 5.82 Å². The fraction of sp³-hybridized carbons (Fsp3) is 0.409. The number of thiazole rings is 1. The van der Waals surface area contributed by atoms with E-state index in [2.05, 4.69) is 33.2 Å². The van der Waals surface area contributed by atoms with E-state index in [4.69, 9.17) is 5.73 Å². The van der Waals surface area contributed by atoms with Crippen molar-refractivity contribution in [3.05, 3.63) is 47.9 Å². The molecule has 0 unspecified atom stereocenters. The zero-order valence-electron chi connectivity index (χ0n) is 16.3. The maximum atomic E-state index is 10.9. The number of hydrogen-bond donors (Lipinski definition) is 3. The Morgan fingerprint density at radius 3 is 2.87 bits per heavy atom. The molecule has 2 fully saturated rings. The minimum Gasteiger partial charge on any atom is -0.390 e. The van der Waals surface area contributed by atoms with Gasteiger partial charge in [0.25, 0.3) is 0 Å². The highest BCUT2D eigenvalue weighted by Crippen LogP contribution is 2.60. The Bertz CT molecular complexity index is 1240. The predicted molar refractivity (Wildman–Crippen MR) is 116 cm³/mol. The predicted octanol–water partition coefficient (Wildman–Crippen LogP) is 2.93. The lowest BCUT2D eigenvalue weighted by Crippen LogP contribution is -2.46. The first kappa shape index (κ1) is 18.2. The Balaban J connectivity index is 1.21. The molecule has 6 rings (SSSR count). The van der Waals surface area contributed by atoms with E-state index in [0.29, 0.717) is 17.4 Å². The number of aliphatic hydroxyl groups is 2. The largest absolute Gasteiger partial charge is 0.390 e. The molecule has 30 heavy (non-hydrogen) atoms. The van der Waals surface area contributed by atoms with Gasteiger partial charge in [-0.15, -0.1) is 11.3 Å². The number of hydrogen-bond acceptors (Lipinski definition) is 7. The molecule has 1 aromatic carbocycles. The van der Waals surface area contributed by atoms with Crippen LogP contribution in [0.1, 0.15) is 30.9 Å². The first-order valence-corrected chi connectivity index (χ1v) is 11.2. The second-order valence-corrected chi connectivity index (χ2v) is 9.81. The van der Waals surface area contributed by atoms with Gasteiger partial charge in [-0.25, -0.2) is 15.0 Å². The van der Waals surface area contributed by atoms with E-state index in [1.807, 2.05) is 22.3 Å². The Kier molecular flexibility index (Phi) is 3.93. The SMILES string of the molecule is Nc1ncnc2c1ccn2[C@@H]1C[C@]2(C[C@H](Cc3ccc4scnc4c3)C2)[C@@H](O)[C@H]1O. The lowest BCUT2D eigenvalue weighted by molar-refractivity contribution is -0.0841. The van der Waals surface area contributed by atoms with Gasteiger partial charge in [-0.1, -0.05) is 6.07 Å². The number of benzene rings is 1. The summed E-state index contributed by atoms with van der Waals surface area (Å²) in [6, 6.07) is 8.18. The highest BCUT2D eigenvalue weighted by atomic mass is 32.1. The van der Waals surface area contributed by atoms with Gasteiger partial charge >= 0.3 is 0 Å². The fourth-order valence-corrected chi connectivity index (χ4v) is 6.42. The van der Waals surface area contributed by atoms with Crippen molar-refractivity contribution in [3.63, 3.8) is 0 Å². The van der Waals surface area contributed by atoms with Crippen molar-refractivity contribution in [2.45, 2.75) is 43.9 Å². The van der Waals surface area contributed by atoms with Crippen molar-refractivity contribution in [2.24, 2.45) is 11.3 Å². The van der Waals surface area contributed by atoms with Crippen molar-refractivity contribution in [1.82, 2.24) is 19.5 Å². The van der Waals surface area contributed by atoms with Crippen LogP contribution in [0.2, 0.25) is 0 Å². The molecule has 3 heterocycles. The van der Waals surface area contributed by atoms with E-state index in [1.165, 1.54) is 16.6 Å². The number of nitrogens with zero attached hydrogens (tertiary/aromatic N) is 4. The van der Waals surface area contributed by atoms with Gasteiger partial charge in [0.15, 0.2) is 0 Å². The number of nitrogens with two attached hydrogens (primary N) is 1. The molecule has 7 nitrogen and oxygen atoms in total. The Hall–Kier alpha value is -2.55. The van der Waals surface area contributed by atoms with E-state index in [0.717, 1.165) is 36.6 Å². The molecule has 0 amide bonds. The number of aromatic nitrogens is 4. The van der Waals surface area contributed by atoms with Crippen LogP contribution in [-0.4, -0.2) is 41.9 Å². The molecule has 1 spiro atoms. The van der Waals surface area contributed by atoms with Gasteiger partial charge in [0.2, 0.25) is 0 Å². The zero-order valence-corrected chi connectivity index (χ0v) is 17.2. The third-order valence-corrected chi connectivity index (χ3v) is 7.98. The van der Waals surface area contributed by atoms with Crippen LogP contribution < -0.4 is 5.73 Å². The summed E-state index contributed by atoms with van der Waals surface area (Å²) >= 11 is 1.66. The lowest BCUT2D eigenvalue weighted by Gasteiger charge is -2.48. The van der Waals surface area contributed by atoms with Crippen LogP contribution in [0.5, 0.6) is 0 Å². The topological polar surface area (TPSA) is 110 Å². The van der Waals surface area contributed by atoms with Crippen LogP contribution in [0.25, 0.3) is 21.3 Å².